The van der Waals surface area contributed by atoms with Gasteiger partial charge in [-0.05, 0) is 55.7 Å². The predicted octanol–water partition coefficient (Wildman–Crippen LogP) is 3.69. The first-order valence-corrected chi connectivity index (χ1v) is 12.3. The van der Waals surface area contributed by atoms with Crippen LogP contribution in [0.4, 0.5) is 4.39 Å². The monoisotopic (exact) mass is 432 g/mol. The first-order valence-electron chi connectivity index (χ1n) is 10.9. The van der Waals surface area contributed by atoms with Crippen LogP contribution in [0.1, 0.15) is 55.4 Å². The van der Waals surface area contributed by atoms with Crippen LogP contribution in [0.5, 0.6) is 0 Å². The van der Waals surface area contributed by atoms with Crippen molar-refractivity contribution in [2.45, 2.75) is 64.3 Å². The third kappa shape index (κ3) is 6.45. The molecule has 0 bridgehead atoms. The lowest BCUT2D eigenvalue weighted by Crippen LogP contribution is -2.38. The average molecular weight is 433 g/mol. The molecule has 1 aromatic carbocycles. The number of aryl methyl sites for hydroxylation is 2. The maximum atomic E-state index is 13.6. The zero-order valence-electron chi connectivity index (χ0n) is 18.1. The Morgan fingerprint density at radius 2 is 2.10 bits per heavy atom. The van der Waals surface area contributed by atoms with Gasteiger partial charge >= 0.3 is 0 Å². The highest BCUT2D eigenvalue weighted by Gasteiger charge is 2.14. The normalized spacial score (nSPS) is 14.3. The lowest BCUT2D eigenvalue weighted by atomic mass is 10.1. The van der Waals surface area contributed by atoms with Crippen molar-refractivity contribution in [2.24, 2.45) is 4.99 Å². The first kappa shape index (κ1) is 22.6. The molecule has 0 unspecified atom stereocenters. The highest BCUT2D eigenvalue weighted by Crippen LogP contribution is 2.18. The van der Waals surface area contributed by atoms with E-state index in [9.17, 15) is 4.39 Å². The number of hydrogen-bond donors (Lipinski definition) is 2. The molecule has 30 heavy (non-hydrogen) atoms. The molecule has 0 saturated carbocycles. The number of halogens is 1. The van der Waals surface area contributed by atoms with Gasteiger partial charge in [-0.1, -0.05) is 12.5 Å². The predicted molar refractivity (Wildman–Crippen MR) is 122 cm³/mol. The number of rotatable bonds is 9. The van der Waals surface area contributed by atoms with Crippen LogP contribution in [0.25, 0.3) is 0 Å². The number of nitrogens with one attached hydrogen (secondary N) is 2. The molecule has 1 aromatic heterocycles. The number of aliphatic imine (C=N–C) groups is 1. The fourth-order valence-electron chi connectivity index (χ4n) is 3.73. The molecule has 1 aliphatic rings. The van der Waals surface area contributed by atoms with E-state index in [2.05, 4.69) is 32.3 Å². The van der Waals surface area contributed by atoms with Crippen molar-refractivity contribution < 1.29 is 4.39 Å². The molecule has 3 rings (SSSR count). The second-order valence-corrected chi connectivity index (χ2v) is 8.43. The van der Waals surface area contributed by atoms with E-state index in [4.69, 9.17) is 4.99 Å². The van der Waals surface area contributed by atoms with Crippen LogP contribution in [0.3, 0.4) is 0 Å². The highest BCUT2D eigenvalue weighted by molar-refractivity contribution is 7.97. The van der Waals surface area contributed by atoms with Gasteiger partial charge in [0.15, 0.2) is 5.96 Å². The standard InChI is InChI=1S/C22H33FN6S/c1-3-24-22(26-15-17-10-11-19(23)14-18(17)16-30-2)25-12-7-9-21-28-27-20-8-5-4-6-13-29(20)21/h10-11,14H,3-9,12-13,15-16H2,1-2H3,(H2,24,25,26). The molecule has 0 atom stereocenters. The summed E-state index contributed by atoms with van der Waals surface area (Å²) in [6, 6.07) is 4.96. The third-order valence-corrected chi connectivity index (χ3v) is 5.88. The van der Waals surface area contributed by atoms with Crippen LogP contribution in [0.2, 0.25) is 0 Å². The Kier molecular flexibility index (Phi) is 8.99. The molecule has 2 N–H and O–H groups in total. The van der Waals surface area contributed by atoms with Crippen molar-refractivity contribution in [3.05, 3.63) is 46.8 Å². The largest absolute Gasteiger partial charge is 0.357 e. The van der Waals surface area contributed by atoms with E-state index in [1.54, 1.807) is 17.8 Å². The van der Waals surface area contributed by atoms with Crippen LogP contribution in [0, 0.1) is 5.82 Å². The zero-order chi connectivity index (χ0) is 21.2. The minimum absolute atomic E-state index is 0.191. The van der Waals surface area contributed by atoms with E-state index < -0.39 is 0 Å². The molecule has 2 heterocycles. The molecule has 6 nitrogen and oxygen atoms in total. The van der Waals surface area contributed by atoms with Gasteiger partial charge in [0.1, 0.15) is 17.5 Å². The van der Waals surface area contributed by atoms with Crippen molar-refractivity contribution in [2.75, 3.05) is 19.3 Å². The van der Waals surface area contributed by atoms with Gasteiger partial charge in [0.05, 0.1) is 6.54 Å². The number of aromatic nitrogens is 3. The van der Waals surface area contributed by atoms with E-state index in [1.807, 2.05) is 12.3 Å². The Bertz CT molecular complexity index is 835. The number of benzene rings is 1. The van der Waals surface area contributed by atoms with Gasteiger partial charge in [-0.25, -0.2) is 9.38 Å². The molecular weight excluding hydrogens is 399 g/mol. The summed E-state index contributed by atoms with van der Waals surface area (Å²) in [4.78, 5) is 4.70. The number of fused-ring (bicyclic) bond motifs is 1. The van der Waals surface area contributed by atoms with Gasteiger partial charge in [0, 0.05) is 38.2 Å². The zero-order valence-corrected chi connectivity index (χ0v) is 18.9. The molecule has 0 radical (unpaired) electrons. The maximum Gasteiger partial charge on any atom is 0.191 e. The lowest BCUT2D eigenvalue weighted by Gasteiger charge is -2.13. The third-order valence-electron chi connectivity index (χ3n) is 5.28. The fraction of sp³-hybridized carbons (Fsp3) is 0.591. The lowest BCUT2D eigenvalue weighted by molar-refractivity contribution is 0.594. The molecular formula is C22H33FN6S. The Morgan fingerprint density at radius 3 is 2.93 bits per heavy atom. The summed E-state index contributed by atoms with van der Waals surface area (Å²) in [5.74, 6) is 3.63. The highest BCUT2D eigenvalue weighted by atomic mass is 32.2. The Labute approximate surface area is 183 Å². The molecule has 2 aromatic rings. The Balaban J connectivity index is 1.53. The van der Waals surface area contributed by atoms with Crippen LogP contribution in [-0.4, -0.2) is 40.1 Å². The van der Waals surface area contributed by atoms with Gasteiger partial charge in [-0.2, -0.15) is 11.8 Å². The molecule has 0 aliphatic carbocycles. The number of thioether (sulfide) groups is 1. The van der Waals surface area contributed by atoms with Crippen molar-refractivity contribution in [3.8, 4) is 0 Å². The van der Waals surface area contributed by atoms with Crippen LogP contribution in [0.15, 0.2) is 23.2 Å². The molecule has 0 fully saturated rings. The molecule has 8 heteroatoms. The first-order chi connectivity index (χ1) is 14.7. The number of nitrogens with zero attached hydrogens (tertiary/aromatic N) is 4. The Hall–Kier alpha value is -2.09. The summed E-state index contributed by atoms with van der Waals surface area (Å²) in [5.41, 5.74) is 2.07. The topological polar surface area (TPSA) is 67.1 Å². The summed E-state index contributed by atoms with van der Waals surface area (Å²) >= 11 is 1.69. The summed E-state index contributed by atoms with van der Waals surface area (Å²) in [6.07, 6.45) is 8.66. The van der Waals surface area contributed by atoms with Gasteiger partial charge in [0.25, 0.3) is 0 Å². The summed E-state index contributed by atoms with van der Waals surface area (Å²) in [7, 11) is 0. The van der Waals surface area contributed by atoms with E-state index in [1.165, 1.54) is 25.3 Å². The van der Waals surface area contributed by atoms with E-state index in [0.29, 0.717) is 6.54 Å². The van der Waals surface area contributed by atoms with Gasteiger partial charge < -0.3 is 15.2 Å². The van der Waals surface area contributed by atoms with Crippen molar-refractivity contribution in [1.29, 1.82) is 0 Å². The van der Waals surface area contributed by atoms with Gasteiger partial charge in [-0.3, -0.25) is 0 Å². The fourth-order valence-corrected chi connectivity index (χ4v) is 4.31. The van der Waals surface area contributed by atoms with Crippen molar-refractivity contribution in [3.63, 3.8) is 0 Å². The quantitative estimate of drug-likeness (QED) is 0.359. The summed E-state index contributed by atoms with van der Waals surface area (Å²) < 4.78 is 15.9. The van der Waals surface area contributed by atoms with Crippen LogP contribution < -0.4 is 10.6 Å². The second kappa shape index (κ2) is 11.9. The molecule has 0 saturated heterocycles. The average Bonchev–Trinajstić information content (AvgIpc) is 2.96. The van der Waals surface area contributed by atoms with E-state index in [0.717, 1.165) is 73.4 Å². The summed E-state index contributed by atoms with van der Waals surface area (Å²) in [6.45, 7) is 5.24. The van der Waals surface area contributed by atoms with Gasteiger partial charge in [-0.15, -0.1) is 10.2 Å². The number of hydrogen-bond acceptors (Lipinski definition) is 4. The van der Waals surface area contributed by atoms with E-state index in [-0.39, 0.29) is 5.82 Å². The molecule has 164 valence electrons. The van der Waals surface area contributed by atoms with Crippen LogP contribution in [-0.2, 0) is 31.7 Å². The van der Waals surface area contributed by atoms with Crippen molar-refractivity contribution in [1.82, 2.24) is 25.4 Å². The Morgan fingerprint density at radius 1 is 1.20 bits per heavy atom. The smallest absolute Gasteiger partial charge is 0.191 e. The van der Waals surface area contributed by atoms with Crippen LogP contribution >= 0.6 is 11.8 Å². The minimum Gasteiger partial charge on any atom is -0.357 e. The molecule has 0 spiro atoms. The van der Waals surface area contributed by atoms with Gasteiger partial charge in [0.2, 0.25) is 0 Å². The maximum absolute atomic E-state index is 13.6. The van der Waals surface area contributed by atoms with E-state index >= 15 is 0 Å². The van der Waals surface area contributed by atoms with Crippen molar-refractivity contribution >= 4 is 17.7 Å². The SMILES string of the molecule is CCNC(=NCc1ccc(F)cc1CSC)NCCCc1nnc2n1CCCCC2. The molecule has 0 amide bonds. The second-order valence-electron chi connectivity index (χ2n) is 7.57. The molecule has 1 aliphatic heterocycles. The summed E-state index contributed by atoms with van der Waals surface area (Å²) in [5, 5.41) is 15.5. The number of guanidine groups is 1. The minimum atomic E-state index is -0.191.